The summed E-state index contributed by atoms with van der Waals surface area (Å²) in [4.78, 5) is 21.2. The van der Waals surface area contributed by atoms with Crippen molar-refractivity contribution in [3.05, 3.63) is 118 Å². The number of carbonyl (C=O) groups is 1. The summed E-state index contributed by atoms with van der Waals surface area (Å²) in [5, 5.41) is 2.84. The molecule has 34 heavy (non-hydrogen) atoms. The SMILES string of the molecule is Cc1ccccc1C(=O)N(CCc1csc2nc(-c3ccc(Cl)cc3)cn12)Cc1ccccc1. The van der Waals surface area contributed by atoms with Gasteiger partial charge in [0, 0.05) is 52.9 Å². The number of hydrogen-bond donors (Lipinski definition) is 0. The number of thiazole rings is 1. The molecule has 0 atom stereocenters. The molecular formula is C28H24ClN3OS. The van der Waals surface area contributed by atoms with E-state index in [0.717, 1.165) is 45.0 Å². The zero-order valence-corrected chi connectivity index (χ0v) is 20.4. The van der Waals surface area contributed by atoms with Gasteiger partial charge in [-0.2, -0.15) is 0 Å². The quantitative estimate of drug-likeness (QED) is 0.251. The Hall–Kier alpha value is -3.41. The first kappa shape index (κ1) is 22.4. The molecule has 0 fully saturated rings. The molecule has 0 N–H and O–H groups in total. The highest BCUT2D eigenvalue weighted by Crippen LogP contribution is 2.25. The molecule has 0 saturated carbocycles. The summed E-state index contributed by atoms with van der Waals surface area (Å²) < 4.78 is 2.13. The van der Waals surface area contributed by atoms with E-state index in [1.807, 2.05) is 78.6 Å². The van der Waals surface area contributed by atoms with Gasteiger partial charge in [0.25, 0.3) is 5.91 Å². The van der Waals surface area contributed by atoms with E-state index in [0.29, 0.717) is 18.1 Å². The molecule has 0 aliphatic carbocycles. The lowest BCUT2D eigenvalue weighted by Crippen LogP contribution is -2.33. The van der Waals surface area contributed by atoms with Crippen LogP contribution in [-0.4, -0.2) is 26.7 Å². The van der Waals surface area contributed by atoms with Gasteiger partial charge in [-0.15, -0.1) is 11.3 Å². The summed E-state index contributed by atoms with van der Waals surface area (Å²) in [6.07, 6.45) is 2.80. The molecule has 0 radical (unpaired) electrons. The van der Waals surface area contributed by atoms with Gasteiger partial charge in [-0.1, -0.05) is 72.3 Å². The van der Waals surface area contributed by atoms with Gasteiger partial charge >= 0.3 is 0 Å². The normalized spacial score (nSPS) is 11.1. The number of amides is 1. The average molecular weight is 486 g/mol. The third-order valence-electron chi connectivity index (χ3n) is 5.94. The Morgan fingerprint density at radius 2 is 1.74 bits per heavy atom. The van der Waals surface area contributed by atoms with E-state index in [1.54, 1.807) is 11.3 Å². The van der Waals surface area contributed by atoms with Crippen LogP contribution in [0, 0.1) is 6.92 Å². The van der Waals surface area contributed by atoms with E-state index in [-0.39, 0.29) is 5.91 Å². The number of rotatable bonds is 7. The molecule has 170 valence electrons. The van der Waals surface area contributed by atoms with E-state index in [1.165, 1.54) is 0 Å². The van der Waals surface area contributed by atoms with Crippen molar-refractivity contribution in [3.63, 3.8) is 0 Å². The molecule has 5 rings (SSSR count). The van der Waals surface area contributed by atoms with Crippen LogP contribution in [0.2, 0.25) is 5.02 Å². The van der Waals surface area contributed by atoms with Crippen molar-refractivity contribution in [1.82, 2.24) is 14.3 Å². The summed E-state index contributed by atoms with van der Waals surface area (Å²) >= 11 is 7.65. The maximum absolute atomic E-state index is 13.5. The lowest BCUT2D eigenvalue weighted by molar-refractivity contribution is 0.0744. The second kappa shape index (κ2) is 9.84. The molecule has 2 heterocycles. The minimum atomic E-state index is 0.0564. The highest BCUT2D eigenvalue weighted by molar-refractivity contribution is 7.15. The first-order valence-corrected chi connectivity index (χ1v) is 12.4. The number of halogens is 1. The maximum atomic E-state index is 13.5. The topological polar surface area (TPSA) is 37.6 Å². The molecule has 0 aliphatic rings. The van der Waals surface area contributed by atoms with Gasteiger partial charge in [0.05, 0.1) is 5.69 Å². The molecule has 0 bridgehead atoms. The van der Waals surface area contributed by atoms with E-state index in [4.69, 9.17) is 16.6 Å². The lowest BCUT2D eigenvalue weighted by atomic mass is 10.1. The molecule has 3 aromatic carbocycles. The molecule has 0 saturated heterocycles. The zero-order valence-electron chi connectivity index (χ0n) is 18.8. The van der Waals surface area contributed by atoms with Gasteiger partial charge in [-0.3, -0.25) is 9.20 Å². The molecule has 5 aromatic rings. The zero-order chi connectivity index (χ0) is 23.5. The monoisotopic (exact) mass is 485 g/mol. The summed E-state index contributed by atoms with van der Waals surface area (Å²) in [6, 6.07) is 25.7. The van der Waals surface area contributed by atoms with Crippen LogP contribution < -0.4 is 0 Å². The smallest absolute Gasteiger partial charge is 0.254 e. The molecule has 0 unspecified atom stereocenters. The van der Waals surface area contributed by atoms with Crippen molar-refractivity contribution in [3.8, 4) is 11.3 Å². The van der Waals surface area contributed by atoms with Gasteiger partial charge in [-0.05, 0) is 36.2 Å². The summed E-state index contributed by atoms with van der Waals surface area (Å²) in [7, 11) is 0. The van der Waals surface area contributed by atoms with Gasteiger partial charge in [0.2, 0.25) is 0 Å². The fourth-order valence-electron chi connectivity index (χ4n) is 4.06. The number of hydrogen-bond acceptors (Lipinski definition) is 3. The van der Waals surface area contributed by atoms with Crippen LogP contribution >= 0.6 is 22.9 Å². The fourth-order valence-corrected chi connectivity index (χ4v) is 5.09. The Balaban J connectivity index is 1.39. The van der Waals surface area contributed by atoms with Crippen molar-refractivity contribution in [2.75, 3.05) is 6.54 Å². The Morgan fingerprint density at radius 1 is 1.00 bits per heavy atom. The number of benzene rings is 3. The lowest BCUT2D eigenvalue weighted by Gasteiger charge is -2.24. The van der Waals surface area contributed by atoms with Gasteiger partial charge < -0.3 is 4.90 Å². The van der Waals surface area contributed by atoms with Crippen LogP contribution in [-0.2, 0) is 13.0 Å². The van der Waals surface area contributed by atoms with E-state index >= 15 is 0 Å². The molecule has 0 aliphatic heterocycles. The average Bonchev–Trinajstić information content (AvgIpc) is 3.44. The van der Waals surface area contributed by atoms with Crippen LogP contribution in [0.25, 0.3) is 16.2 Å². The summed E-state index contributed by atoms with van der Waals surface area (Å²) in [6.45, 7) is 3.17. The van der Waals surface area contributed by atoms with Gasteiger partial charge in [0.15, 0.2) is 4.96 Å². The second-order valence-corrected chi connectivity index (χ2v) is 9.56. The molecule has 6 heteroatoms. The molecule has 0 spiro atoms. The van der Waals surface area contributed by atoms with Crippen LogP contribution in [0.4, 0.5) is 0 Å². The molecule has 1 amide bonds. The van der Waals surface area contributed by atoms with Crippen molar-refractivity contribution in [2.45, 2.75) is 19.9 Å². The first-order chi connectivity index (χ1) is 16.6. The van der Waals surface area contributed by atoms with Crippen molar-refractivity contribution < 1.29 is 4.79 Å². The Kier molecular flexibility index (Phi) is 6.48. The van der Waals surface area contributed by atoms with Crippen molar-refractivity contribution in [1.29, 1.82) is 0 Å². The summed E-state index contributed by atoms with van der Waals surface area (Å²) in [5.41, 5.74) is 5.96. The highest BCUT2D eigenvalue weighted by atomic mass is 35.5. The van der Waals surface area contributed by atoms with E-state index < -0.39 is 0 Å². The predicted molar refractivity (Wildman–Crippen MR) is 140 cm³/mol. The fraction of sp³-hybridized carbons (Fsp3) is 0.143. The number of aromatic nitrogens is 2. The van der Waals surface area contributed by atoms with Gasteiger partial charge in [-0.25, -0.2) is 4.98 Å². The first-order valence-electron chi connectivity index (χ1n) is 11.2. The maximum Gasteiger partial charge on any atom is 0.254 e. The third-order valence-corrected chi connectivity index (χ3v) is 7.08. The number of carbonyl (C=O) groups excluding carboxylic acids is 1. The molecule has 2 aromatic heterocycles. The van der Waals surface area contributed by atoms with E-state index in [9.17, 15) is 4.79 Å². The highest BCUT2D eigenvalue weighted by Gasteiger charge is 2.19. The largest absolute Gasteiger partial charge is 0.334 e. The van der Waals surface area contributed by atoms with Crippen LogP contribution in [0.15, 0.2) is 90.4 Å². The van der Waals surface area contributed by atoms with E-state index in [2.05, 4.69) is 28.1 Å². The predicted octanol–water partition coefficient (Wildman–Crippen LogP) is 6.91. The number of aryl methyl sites for hydroxylation is 1. The standard InChI is InChI=1S/C28H24ClN3OS/c1-20-7-5-6-10-25(20)27(33)31(17-21-8-3-2-4-9-21)16-15-24-19-34-28-30-26(18-32(24)28)22-11-13-23(29)14-12-22/h2-14,18-19H,15-17H2,1H3. The Labute approximate surface area is 208 Å². The minimum Gasteiger partial charge on any atom is -0.334 e. The second-order valence-electron chi connectivity index (χ2n) is 8.29. The van der Waals surface area contributed by atoms with Crippen molar-refractivity contribution in [2.24, 2.45) is 0 Å². The van der Waals surface area contributed by atoms with Crippen LogP contribution in [0.1, 0.15) is 27.2 Å². The third kappa shape index (κ3) is 4.76. The van der Waals surface area contributed by atoms with Crippen LogP contribution in [0.3, 0.4) is 0 Å². The number of nitrogens with zero attached hydrogens (tertiary/aromatic N) is 3. The minimum absolute atomic E-state index is 0.0564. The van der Waals surface area contributed by atoms with Gasteiger partial charge in [0.1, 0.15) is 0 Å². The number of fused-ring (bicyclic) bond motifs is 1. The summed E-state index contributed by atoms with van der Waals surface area (Å²) in [5.74, 6) is 0.0564. The van der Waals surface area contributed by atoms with Crippen molar-refractivity contribution >= 4 is 33.8 Å². The van der Waals surface area contributed by atoms with Crippen LogP contribution in [0.5, 0.6) is 0 Å². The molecular weight excluding hydrogens is 462 g/mol. The Morgan fingerprint density at radius 3 is 2.50 bits per heavy atom. The number of imidazole rings is 1. The Bertz CT molecular complexity index is 1420. The molecule has 4 nitrogen and oxygen atoms in total.